The van der Waals surface area contributed by atoms with Crippen molar-refractivity contribution in [1.82, 2.24) is 14.9 Å². The van der Waals surface area contributed by atoms with Crippen LogP contribution >= 0.6 is 11.6 Å². The van der Waals surface area contributed by atoms with E-state index >= 15 is 0 Å². The number of benzene rings is 2. The van der Waals surface area contributed by atoms with E-state index in [4.69, 9.17) is 11.6 Å². The Kier molecular flexibility index (Phi) is 6.92. The fourth-order valence-corrected chi connectivity index (χ4v) is 5.78. The Balaban J connectivity index is 1.49. The average molecular weight is 511 g/mol. The zero-order valence-corrected chi connectivity index (χ0v) is 19.7. The van der Waals surface area contributed by atoms with Gasteiger partial charge in [0.05, 0.1) is 4.90 Å². The molecular weight excluding hydrogens is 487 g/mol. The maximum atomic E-state index is 13.5. The minimum atomic E-state index is -3.75. The van der Waals surface area contributed by atoms with Crippen molar-refractivity contribution in [2.75, 3.05) is 37.6 Å². The monoisotopic (exact) mass is 510 g/mol. The second kappa shape index (κ2) is 9.59. The molecule has 0 unspecified atom stereocenters. The van der Waals surface area contributed by atoms with E-state index in [-0.39, 0.29) is 35.1 Å². The Hall–Kier alpha value is -2.57. The van der Waals surface area contributed by atoms with Crippen molar-refractivity contribution in [2.24, 2.45) is 0 Å². The number of hydrogen-bond donors (Lipinski definition) is 3. The summed E-state index contributed by atoms with van der Waals surface area (Å²) in [6, 6.07) is 9.65. The number of nitrogens with one attached hydrogen (secondary N) is 2. The lowest BCUT2D eigenvalue weighted by atomic mass is 10.0. The zero-order valence-electron chi connectivity index (χ0n) is 18.1. The molecule has 2 amide bonds. The zero-order chi connectivity index (χ0) is 24.5. The number of carbonyl (C=O) groups is 2. The number of anilines is 1. The van der Waals surface area contributed by atoms with Crippen LogP contribution in [0.1, 0.15) is 12.0 Å². The Morgan fingerprint density at radius 3 is 2.62 bits per heavy atom. The van der Waals surface area contributed by atoms with Crippen LogP contribution in [0.15, 0.2) is 47.4 Å². The van der Waals surface area contributed by atoms with Crippen molar-refractivity contribution in [2.45, 2.75) is 23.5 Å². The van der Waals surface area contributed by atoms with Gasteiger partial charge >= 0.3 is 0 Å². The van der Waals surface area contributed by atoms with Crippen molar-refractivity contribution in [3.63, 3.8) is 0 Å². The number of carbonyl (C=O) groups excluding carboxylic acids is 2. The molecule has 2 aromatic carbocycles. The van der Waals surface area contributed by atoms with E-state index in [9.17, 15) is 27.5 Å². The van der Waals surface area contributed by atoms with E-state index in [1.54, 1.807) is 6.07 Å². The fourth-order valence-electron chi connectivity index (χ4n) is 4.05. The standard InChI is InChI=1S/C22H24ClFN4O5S/c23-16-10-15(11-17(24)12-16)14-26-20(29)22(31)4-7-28(21(22)30)18-2-1-3-19(13-18)34(32,33)27-8-5-25-6-9-27/h1-3,10-13,25,31H,4-9,14H2,(H,26,29)/t22-/m0/s1. The maximum absolute atomic E-state index is 13.5. The van der Waals surface area contributed by atoms with Gasteiger partial charge in [-0.15, -0.1) is 0 Å². The molecule has 34 heavy (non-hydrogen) atoms. The Morgan fingerprint density at radius 2 is 1.91 bits per heavy atom. The minimum Gasteiger partial charge on any atom is -0.372 e. The molecule has 0 aromatic heterocycles. The summed E-state index contributed by atoms with van der Waals surface area (Å²) in [5.74, 6) is -2.36. The van der Waals surface area contributed by atoms with E-state index in [2.05, 4.69) is 10.6 Å². The van der Waals surface area contributed by atoms with E-state index in [0.29, 0.717) is 31.7 Å². The SMILES string of the molecule is O=C(NCc1cc(F)cc(Cl)c1)[C@@]1(O)CCN(c2cccc(S(=O)(=O)N3CCNCC3)c2)C1=O. The van der Waals surface area contributed by atoms with Crippen LogP contribution in [-0.2, 0) is 26.2 Å². The van der Waals surface area contributed by atoms with Crippen molar-refractivity contribution < 1.29 is 27.5 Å². The first kappa shape index (κ1) is 24.6. The van der Waals surface area contributed by atoms with Gasteiger partial charge in [0.1, 0.15) is 5.82 Å². The second-order valence-electron chi connectivity index (χ2n) is 8.18. The molecular formula is C22H24ClFN4O5S. The Labute approximate surface area is 201 Å². The summed E-state index contributed by atoms with van der Waals surface area (Å²) in [6.45, 7) is 1.66. The number of sulfonamides is 1. The molecule has 9 nitrogen and oxygen atoms in total. The quantitative estimate of drug-likeness (QED) is 0.496. The summed E-state index contributed by atoms with van der Waals surface area (Å²) in [7, 11) is -3.75. The third-order valence-corrected chi connectivity index (χ3v) is 8.00. The molecule has 2 aliphatic rings. The lowest BCUT2D eigenvalue weighted by Crippen LogP contribution is -2.52. The van der Waals surface area contributed by atoms with Gasteiger partial charge in [-0.1, -0.05) is 17.7 Å². The van der Waals surface area contributed by atoms with Crippen LogP contribution in [0.3, 0.4) is 0 Å². The van der Waals surface area contributed by atoms with E-state index < -0.39 is 33.3 Å². The maximum Gasteiger partial charge on any atom is 0.268 e. The number of rotatable bonds is 6. The highest BCUT2D eigenvalue weighted by Crippen LogP contribution is 2.31. The molecule has 2 saturated heterocycles. The molecule has 2 heterocycles. The molecule has 4 rings (SSSR count). The van der Waals surface area contributed by atoms with Crippen molar-refractivity contribution in [3.8, 4) is 0 Å². The first-order chi connectivity index (χ1) is 16.1. The van der Waals surface area contributed by atoms with Crippen molar-refractivity contribution in [1.29, 1.82) is 0 Å². The van der Waals surface area contributed by atoms with Crippen LogP contribution < -0.4 is 15.5 Å². The average Bonchev–Trinajstić information content (AvgIpc) is 3.13. The molecule has 1 atom stereocenters. The molecule has 0 spiro atoms. The number of piperazine rings is 1. The van der Waals surface area contributed by atoms with Crippen LogP contribution in [0, 0.1) is 5.82 Å². The molecule has 182 valence electrons. The van der Waals surface area contributed by atoms with Gasteiger partial charge in [-0.05, 0) is 42.0 Å². The van der Waals surface area contributed by atoms with Crippen LogP contribution in [-0.4, -0.2) is 68.0 Å². The van der Waals surface area contributed by atoms with Crippen molar-refractivity contribution in [3.05, 3.63) is 58.9 Å². The van der Waals surface area contributed by atoms with Crippen LogP contribution in [0.4, 0.5) is 10.1 Å². The first-order valence-electron chi connectivity index (χ1n) is 10.7. The van der Waals surface area contributed by atoms with Gasteiger partial charge in [0.25, 0.3) is 11.8 Å². The summed E-state index contributed by atoms with van der Waals surface area (Å²) in [4.78, 5) is 26.9. The van der Waals surface area contributed by atoms with Crippen LogP contribution in [0.2, 0.25) is 5.02 Å². The van der Waals surface area contributed by atoms with Crippen molar-refractivity contribution >= 4 is 39.1 Å². The second-order valence-corrected chi connectivity index (χ2v) is 10.6. The molecule has 0 bridgehead atoms. The van der Waals surface area contributed by atoms with Gasteiger partial charge in [0, 0.05) is 56.4 Å². The summed E-state index contributed by atoms with van der Waals surface area (Å²) in [6.07, 6.45) is -0.184. The molecule has 0 saturated carbocycles. The molecule has 12 heteroatoms. The van der Waals surface area contributed by atoms with E-state index in [0.717, 1.165) is 6.07 Å². The predicted octanol–water partition coefficient (Wildman–Crippen LogP) is 0.857. The van der Waals surface area contributed by atoms with E-state index in [1.165, 1.54) is 39.5 Å². The van der Waals surface area contributed by atoms with Crippen LogP contribution in [0.5, 0.6) is 0 Å². The summed E-state index contributed by atoms with van der Waals surface area (Å²) >= 11 is 5.81. The Bertz CT molecular complexity index is 1200. The third-order valence-electron chi connectivity index (χ3n) is 5.89. The van der Waals surface area contributed by atoms with Gasteiger partial charge < -0.3 is 20.6 Å². The first-order valence-corrected chi connectivity index (χ1v) is 12.5. The fraction of sp³-hybridized carbons (Fsp3) is 0.364. The summed E-state index contributed by atoms with van der Waals surface area (Å²) in [5.41, 5.74) is -1.69. The minimum absolute atomic E-state index is 0.0195. The van der Waals surface area contributed by atoms with Gasteiger partial charge in [-0.3, -0.25) is 9.59 Å². The van der Waals surface area contributed by atoms with E-state index in [1.807, 2.05) is 0 Å². The molecule has 3 N–H and O–H groups in total. The highest BCUT2D eigenvalue weighted by molar-refractivity contribution is 7.89. The molecule has 0 aliphatic carbocycles. The third kappa shape index (κ3) is 4.80. The lowest BCUT2D eigenvalue weighted by molar-refractivity contribution is -0.149. The van der Waals surface area contributed by atoms with Gasteiger partial charge in [-0.2, -0.15) is 4.31 Å². The van der Waals surface area contributed by atoms with Gasteiger partial charge in [0.2, 0.25) is 15.6 Å². The highest BCUT2D eigenvalue weighted by Gasteiger charge is 2.51. The molecule has 0 radical (unpaired) electrons. The van der Waals surface area contributed by atoms with Gasteiger partial charge in [-0.25, -0.2) is 12.8 Å². The molecule has 2 aliphatic heterocycles. The summed E-state index contributed by atoms with van der Waals surface area (Å²) < 4.78 is 40.8. The number of amides is 2. The molecule has 2 aromatic rings. The number of aliphatic hydroxyl groups is 1. The topological polar surface area (TPSA) is 119 Å². The molecule has 2 fully saturated rings. The number of halogens is 2. The van der Waals surface area contributed by atoms with Gasteiger partial charge in [0.15, 0.2) is 0 Å². The number of nitrogens with zero attached hydrogens (tertiary/aromatic N) is 2. The Morgan fingerprint density at radius 1 is 1.18 bits per heavy atom. The smallest absolute Gasteiger partial charge is 0.268 e. The lowest BCUT2D eigenvalue weighted by Gasteiger charge is -2.27. The predicted molar refractivity (Wildman–Crippen MR) is 123 cm³/mol. The normalized spacial score (nSPS) is 21.6. The number of hydrogen-bond acceptors (Lipinski definition) is 6. The highest BCUT2D eigenvalue weighted by atomic mass is 35.5. The van der Waals surface area contributed by atoms with Crippen LogP contribution in [0.25, 0.3) is 0 Å². The largest absolute Gasteiger partial charge is 0.372 e. The summed E-state index contributed by atoms with van der Waals surface area (Å²) in [5, 5.41) is 16.5.